The second-order valence-corrected chi connectivity index (χ2v) is 8.74. The van der Waals surface area contributed by atoms with Crippen LogP contribution < -0.4 is 4.74 Å². The molecule has 0 saturated carbocycles. The van der Waals surface area contributed by atoms with E-state index in [4.69, 9.17) is 4.74 Å². The summed E-state index contributed by atoms with van der Waals surface area (Å²) in [6, 6.07) is 12.0. The zero-order valence-electron chi connectivity index (χ0n) is 16.8. The molecule has 0 aliphatic carbocycles. The molecule has 2 aromatic heterocycles. The number of ketones is 1. The van der Waals surface area contributed by atoms with E-state index in [0.29, 0.717) is 5.56 Å². The van der Waals surface area contributed by atoms with E-state index in [0.717, 1.165) is 28.2 Å². The first-order valence-electron chi connectivity index (χ1n) is 10.0. The summed E-state index contributed by atoms with van der Waals surface area (Å²) < 4.78 is 5.73. The Morgan fingerprint density at radius 1 is 1.29 bits per heavy atom. The Hall–Kier alpha value is -3.45. The number of Topliss-reactive ketones (excluding diaryl/α,β-unsaturated/α-hetero) is 1. The van der Waals surface area contributed by atoms with Crippen molar-refractivity contribution in [3.63, 3.8) is 0 Å². The van der Waals surface area contributed by atoms with Crippen LogP contribution in [0.2, 0.25) is 0 Å². The molecule has 156 valence electrons. The molecule has 6 nitrogen and oxygen atoms in total. The number of amides is 1. The molecule has 4 heterocycles. The number of nitrogens with zero attached hydrogens (tertiary/aromatic N) is 2. The van der Waals surface area contributed by atoms with Crippen LogP contribution in [0.15, 0.2) is 71.6 Å². The van der Waals surface area contributed by atoms with Gasteiger partial charge in [0.2, 0.25) is 0 Å². The van der Waals surface area contributed by atoms with Crippen molar-refractivity contribution in [1.29, 1.82) is 0 Å². The molecule has 1 aromatic carbocycles. The molecule has 2 aliphatic rings. The molecule has 31 heavy (non-hydrogen) atoms. The highest BCUT2D eigenvalue weighted by molar-refractivity contribution is 7.10. The summed E-state index contributed by atoms with van der Waals surface area (Å²) in [6.07, 6.45) is 4.13. The number of hydrogen-bond donors (Lipinski definition) is 1. The lowest BCUT2D eigenvalue weighted by molar-refractivity contribution is -0.130. The van der Waals surface area contributed by atoms with Crippen LogP contribution in [0.5, 0.6) is 5.75 Å². The van der Waals surface area contributed by atoms with E-state index in [1.807, 2.05) is 30.5 Å². The van der Waals surface area contributed by atoms with Gasteiger partial charge in [0, 0.05) is 35.8 Å². The number of carbonyl (C=O) groups is 2. The molecule has 1 amide bonds. The lowest BCUT2D eigenvalue weighted by atomic mass is 9.95. The maximum absolute atomic E-state index is 13.5. The van der Waals surface area contributed by atoms with Gasteiger partial charge in [-0.15, -0.1) is 11.3 Å². The van der Waals surface area contributed by atoms with Crippen LogP contribution in [0, 0.1) is 0 Å². The molecule has 5 rings (SSSR count). The topological polar surface area (TPSA) is 79.7 Å². The first-order chi connectivity index (χ1) is 15.0. The van der Waals surface area contributed by atoms with E-state index in [1.54, 1.807) is 36.7 Å². The van der Waals surface area contributed by atoms with Gasteiger partial charge in [0.05, 0.1) is 11.6 Å². The number of pyridine rings is 1. The zero-order chi connectivity index (χ0) is 21.5. The van der Waals surface area contributed by atoms with Gasteiger partial charge in [0.1, 0.15) is 11.9 Å². The predicted octanol–water partition coefficient (Wildman–Crippen LogP) is 4.25. The number of aromatic nitrogens is 1. The van der Waals surface area contributed by atoms with E-state index >= 15 is 0 Å². The van der Waals surface area contributed by atoms with E-state index in [9.17, 15) is 14.7 Å². The normalized spacial score (nSPS) is 20.2. The number of benzene rings is 1. The Balaban J connectivity index is 1.54. The lowest BCUT2D eigenvalue weighted by Gasteiger charge is -2.25. The molecule has 0 bridgehead atoms. The monoisotopic (exact) mass is 432 g/mol. The minimum atomic E-state index is -0.649. The Labute approximate surface area is 183 Å². The van der Waals surface area contributed by atoms with Gasteiger partial charge in [-0.1, -0.05) is 12.1 Å². The van der Waals surface area contributed by atoms with Gasteiger partial charge >= 0.3 is 0 Å². The van der Waals surface area contributed by atoms with Gasteiger partial charge in [0.25, 0.3) is 5.91 Å². The zero-order valence-corrected chi connectivity index (χ0v) is 17.6. The third kappa shape index (κ3) is 3.41. The second kappa shape index (κ2) is 7.67. The van der Waals surface area contributed by atoms with Crippen molar-refractivity contribution in [2.24, 2.45) is 0 Å². The van der Waals surface area contributed by atoms with E-state index < -0.39 is 17.7 Å². The molecular weight excluding hydrogens is 412 g/mol. The molecular formula is C24H20N2O4S. The van der Waals surface area contributed by atoms with Crippen LogP contribution in [0.25, 0.3) is 0 Å². The summed E-state index contributed by atoms with van der Waals surface area (Å²) >= 11 is 1.45. The maximum Gasteiger partial charge on any atom is 0.290 e. The Morgan fingerprint density at radius 3 is 2.90 bits per heavy atom. The minimum absolute atomic E-state index is 0.0647. The number of aliphatic hydroxyl groups excluding tert-OH is 1. The smallest absolute Gasteiger partial charge is 0.290 e. The summed E-state index contributed by atoms with van der Waals surface area (Å²) in [5.41, 5.74) is 2.34. The number of carbonyl (C=O) groups excluding carboxylic acids is 2. The van der Waals surface area contributed by atoms with Crippen molar-refractivity contribution in [2.75, 3.05) is 0 Å². The van der Waals surface area contributed by atoms with Crippen molar-refractivity contribution in [1.82, 2.24) is 9.88 Å². The minimum Gasteiger partial charge on any atom is -0.503 e. The highest BCUT2D eigenvalue weighted by atomic mass is 32.1. The number of rotatable bonds is 5. The van der Waals surface area contributed by atoms with Crippen molar-refractivity contribution < 1.29 is 19.4 Å². The quantitative estimate of drug-likeness (QED) is 0.610. The van der Waals surface area contributed by atoms with Crippen molar-refractivity contribution in [3.8, 4) is 5.75 Å². The fourth-order valence-corrected chi connectivity index (χ4v) is 5.04. The molecule has 0 fully saturated rings. The van der Waals surface area contributed by atoms with Gasteiger partial charge in [-0.3, -0.25) is 14.6 Å². The summed E-state index contributed by atoms with van der Waals surface area (Å²) in [5.74, 6) is -0.612. The van der Waals surface area contributed by atoms with Crippen molar-refractivity contribution >= 4 is 23.0 Å². The summed E-state index contributed by atoms with van der Waals surface area (Å²) in [6.45, 7) is 2.22. The van der Waals surface area contributed by atoms with E-state index in [-0.39, 0.29) is 24.0 Å². The van der Waals surface area contributed by atoms with Gasteiger partial charge in [-0.05, 0) is 53.8 Å². The van der Waals surface area contributed by atoms with Gasteiger partial charge in [0.15, 0.2) is 11.5 Å². The van der Waals surface area contributed by atoms with E-state index in [2.05, 4.69) is 4.98 Å². The third-order valence-corrected chi connectivity index (χ3v) is 6.52. The summed E-state index contributed by atoms with van der Waals surface area (Å²) in [7, 11) is 0. The summed E-state index contributed by atoms with van der Waals surface area (Å²) in [4.78, 5) is 33.0. The van der Waals surface area contributed by atoms with Crippen LogP contribution >= 0.6 is 11.3 Å². The van der Waals surface area contributed by atoms with E-state index in [1.165, 1.54) is 16.2 Å². The lowest BCUT2D eigenvalue weighted by Crippen LogP contribution is -2.30. The molecule has 0 saturated heterocycles. The van der Waals surface area contributed by atoms with Crippen LogP contribution in [-0.2, 0) is 17.8 Å². The number of ether oxygens (including phenoxy) is 1. The highest BCUT2D eigenvalue weighted by Crippen LogP contribution is 2.42. The molecule has 1 N–H and O–H groups in total. The fourth-order valence-electron chi connectivity index (χ4n) is 4.20. The molecule has 7 heteroatoms. The number of thiophene rings is 1. The van der Waals surface area contributed by atoms with Gasteiger partial charge in [-0.25, -0.2) is 0 Å². The fraction of sp³-hybridized carbons (Fsp3) is 0.208. The van der Waals surface area contributed by atoms with Crippen molar-refractivity contribution in [3.05, 3.63) is 93.1 Å². The Kier molecular flexibility index (Phi) is 4.82. The first-order valence-corrected chi connectivity index (χ1v) is 10.9. The SMILES string of the molecule is CC1Cc2cc(C(=O)C3=C(O)C(=O)N(Cc4cccnc4)C3c3cccs3)ccc2O1. The maximum atomic E-state index is 13.5. The number of fused-ring (bicyclic) bond motifs is 1. The largest absolute Gasteiger partial charge is 0.503 e. The van der Waals surface area contributed by atoms with Crippen LogP contribution in [0.3, 0.4) is 0 Å². The van der Waals surface area contributed by atoms with Gasteiger partial charge in [-0.2, -0.15) is 0 Å². The molecule has 3 aromatic rings. The molecule has 2 atom stereocenters. The molecule has 0 radical (unpaired) electrons. The van der Waals surface area contributed by atoms with Crippen LogP contribution in [-0.4, -0.2) is 32.8 Å². The third-order valence-electron chi connectivity index (χ3n) is 5.59. The first kappa shape index (κ1) is 19.5. The van der Waals surface area contributed by atoms with Crippen LogP contribution in [0.4, 0.5) is 0 Å². The standard InChI is InChI=1S/C24H20N2O4S/c1-14-10-17-11-16(6-7-18(17)30-14)22(27)20-21(19-5-3-9-31-19)26(24(29)23(20)28)13-15-4-2-8-25-12-15/h2-9,11-12,14,21,28H,10,13H2,1H3. The number of aliphatic hydroxyl groups is 1. The van der Waals surface area contributed by atoms with Crippen molar-refractivity contribution in [2.45, 2.75) is 32.0 Å². The second-order valence-electron chi connectivity index (χ2n) is 7.76. The molecule has 2 unspecified atom stereocenters. The Morgan fingerprint density at radius 2 is 2.16 bits per heavy atom. The summed E-state index contributed by atoms with van der Waals surface area (Å²) in [5, 5.41) is 12.7. The average Bonchev–Trinajstić information content (AvgIpc) is 3.48. The molecule has 2 aliphatic heterocycles. The van der Waals surface area contributed by atoms with Crippen LogP contribution in [0.1, 0.15) is 39.3 Å². The van der Waals surface area contributed by atoms with Gasteiger partial charge < -0.3 is 14.7 Å². The number of hydrogen-bond acceptors (Lipinski definition) is 6. The molecule has 0 spiro atoms. The predicted molar refractivity (Wildman–Crippen MR) is 116 cm³/mol. The average molecular weight is 433 g/mol. The Bertz CT molecular complexity index is 1190. The highest BCUT2D eigenvalue weighted by Gasteiger charge is 2.44.